The molecule has 1 unspecified atom stereocenters. The van der Waals surface area contributed by atoms with E-state index in [0.717, 1.165) is 17.3 Å². The summed E-state index contributed by atoms with van der Waals surface area (Å²) in [6.45, 7) is 0.0587. The van der Waals surface area contributed by atoms with Gasteiger partial charge in [-0.05, 0) is 32.1 Å². The molecule has 2 aliphatic carbocycles. The third-order valence-corrected chi connectivity index (χ3v) is 4.48. The monoisotopic (exact) mass is 268 g/mol. The number of rotatable bonds is 7. The second-order valence-corrected chi connectivity index (χ2v) is 6.36. The summed E-state index contributed by atoms with van der Waals surface area (Å²) in [5, 5.41) is 18.7. The number of hydrogen-bond donors (Lipinski definition) is 2. The van der Waals surface area contributed by atoms with Gasteiger partial charge in [-0.3, -0.25) is 0 Å². The molecule has 0 bridgehead atoms. The Hall–Kier alpha value is -0.590. The molecular weight excluding hydrogens is 248 g/mol. The van der Waals surface area contributed by atoms with Crippen molar-refractivity contribution >= 4 is 11.8 Å². The molecule has 5 nitrogen and oxygen atoms in total. The smallest absolute Gasteiger partial charge is 0.191 e. The van der Waals surface area contributed by atoms with Crippen LogP contribution in [-0.2, 0) is 0 Å². The van der Waals surface area contributed by atoms with Crippen LogP contribution >= 0.6 is 11.8 Å². The van der Waals surface area contributed by atoms with Crippen molar-refractivity contribution in [2.24, 2.45) is 5.73 Å². The Kier molecular flexibility index (Phi) is 3.59. The molecule has 0 saturated heterocycles. The van der Waals surface area contributed by atoms with Crippen LogP contribution < -0.4 is 5.73 Å². The molecule has 0 aliphatic heterocycles. The Balaban J connectivity index is 1.64. The van der Waals surface area contributed by atoms with Crippen LogP contribution in [0.15, 0.2) is 5.16 Å². The van der Waals surface area contributed by atoms with Crippen LogP contribution in [0.1, 0.15) is 49.9 Å². The van der Waals surface area contributed by atoms with Crippen LogP contribution in [0.25, 0.3) is 0 Å². The van der Waals surface area contributed by atoms with Crippen molar-refractivity contribution in [1.29, 1.82) is 0 Å². The van der Waals surface area contributed by atoms with Crippen molar-refractivity contribution in [1.82, 2.24) is 14.8 Å². The highest BCUT2D eigenvalue weighted by atomic mass is 32.2. The van der Waals surface area contributed by atoms with Gasteiger partial charge in [-0.25, -0.2) is 0 Å². The molecule has 0 amide bonds. The lowest BCUT2D eigenvalue weighted by atomic mass is 10.3. The van der Waals surface area contributed by atoms with Gasteiger partial charge in [0, 0.05) is 23.8 Å². The minimum absolute atomic E-state index is 0.0587. The van der Waals surface area contributed by atoms with E-state index >= 15 is 0 Å². The Labute approximate surface area is 111 Å². The quantitative estimate of drug-likeness (QED) is 0.729. The Morgan fingerprint density at radius 1 is 1.33 bits per heavy atom. The molecule has 100 valence electrons. The van der Waals surface area contributed by atoms with E-state index in [1.165, 1.54) is 31.5 Å². The highest BCUT2D eigenvalue weighted by Gasteiger charge is 2.36. The van der Waals surface area contributed by atoms with Crippen LogP contribution in [0, 0.1) is 0 Å². The molecule has 1 aromatic heterocycles. The summed E-state index contributed by atoms with van der Waals surface area (Å²) in [4.78, 5) is 0. The number of hydrogen-bond acceptors (Lipinski definition) is 5. The third kappa shape index (κ3) is 2.70. The molecule has 2 aliphatic rings. The summed E-state index contributed by atoms with van der Waals surface area (Å²) in [5.41, 5.74) is 5.70. The van der Waals surface area contributed by atoms with E-state index in [0.29, 0.717) is 12.0 Å². The lowest BCUT2D eigenvalue weighted by Gasteiger charge is -2.09. The minimum atomic E-state index is -0.113. The van der Waals surface area contributed by atoms with E-state index in [9.17, 15) is 0 Å². The molecule has 2 saturated carbocycles. The van der Waals surface area contributed by atoms with Crippen LogP contribution in [-0.4, -0.2) is 38.3 Å². The maximum Gasteiger partial charge on any atom is 0.191 e. The highest BCUT2D eigenvalue weighted by molar-refractivity contribution is 7.99. The number of nitrogens with zero attached hydrogens (tertiary/aromatic N) is 3. The Morgan fingerprint density at radius 3 is 2.72 bits per heavy atom. The summed E-state index contributed by atoms with van der Waals surface area (Å²) in [6, 6.07) is 0.530. The molecule has 18 heavy (non-hydrogen) atoms. The van der Waals surface area contributed by atoms with Gasteiger partial charge < -0.3 is 15.4 Å². The highest BCUT2D eigenvalue weighted by Crippen LogP contribution is 2.45. The van der Waals surface area contributed by atoms with Gasteiger partial charge in [0.1, 0.15) is 5.82 Å². The molecule has 2 fully saturated rings. The average Bonchev–Trinajstić information content (AvgIpc) is 3.28. The molecule has 1 atom stereocenters. The SMILES string of the molecule is NC(CO)CCSc1nnc(C2CC2)n1C1CC1. The lowest BCUT2D eigenvalue weighted by Crippen LogP contribution is -2.24. The zero-order chi connectivity index (χ0) is 12.5. The van der Waals surface area contributed by atoms with E-state index in [-0.39, 0.29) is 12.6 Å². The fourth-order valence-corrected chi connectivity index (χ4v) is 3.16. The number of aliphatic hydroxyl groups is 1. The van der Waals surface area contributed by atoms with Crippen molar-refractivity contribution in [2.45, 2.75) is 55.3 Å². The Bertz CT molecular complexity index is 414. The van der Waals surface area contributed by atoms with E-state index < -0.39 is 0 Å². The molecule has 1 heterocycles. The second-order valence-electron chi connectivity index (χ2n) is 5.30. The first-order valence-electron chi connectivity index (χ1n) is 6.73. The van der Waals surface area contributed by atoms with Gasteiger partial charge in [-0.2, -0.15) is 0 Å². The topological polar surface area (TPSA) is 77.0 Å². The summed E-state index contributed by atoms with van der Waals surface area (Å²) in [5.74, 6) is 2.76. The van der Waals surface area contributed by atoms with E-state index in [1.54, 1.807) is 11.8 Å². The van der Waals surface area contributed by atoms with Gasteiger partial charge in [0.05, 0.1) is 6.61 Å². The summed E-state index contributed by atoms with van der Waals surface area (Å²) in [7, 11) is 0. The van der Waals surface area contributed by atoms with Crippen molar-refractivity contribution < 1.29 is 5.11 Å². The van der Waals surface area contributed by atoms with Gasteiger partial charge >= 0.3 is 0 Å². The molecule has 0 spiro atoms. The van der Waals surface area contributed by atoms with Crippen LogP contribution in [0.3, 0.4) is 0 Å². The summed E-state index contributed by atoms with van der Waals surface area (Å²) in [6.07, 6.45) is 5.89. The summed E-state index contributed by atoms with van der Waals surface area (Å²) >= 11 is 1.72. The first-order chi connectivity index (χ1) is 8.79. The number of aliphatic hydroxyl groups excluding tert-OH is 1. The summed E-state index contributed by atoms with van der Waals surface area (Å²) < 4.78 is 2.35. The fraction of sp³-hybridized carbons (Fsp3) is 0.833. The van der Waals surface area contributed by atoms with E-state index in [1.807, 2.05) is 0 Å². The van der Waals surface area contributed by atoms with Gasteiger partial charge in [0.25, 0.3) is 0 Å². The standard InChI is InChI=1S/C12H20N4OS/c13-9(7-17)5-6-18-12-15-14-11(8-1-2-8)16(12)10-3-4-10/h8-10,17H,1-7,13H2. The minimum Gasteiger partial charge on any atom is -0.395 e. The average molecular weight is 268 g/mol. The van der Waals surface area contributed by atoms with Gasteiger partial charge in [0.15, 0.2) is 5.16 Å². The first-order valence-corrected chi connectivity index (χ1v) is 7.72. The van der Waals surface area contributed by atoms with Crippen molar-refractivity contribution in [3.8, 4) is 0 Å². The maximum absolute atomic E-state index is 8.90. The zero-order valence-electron chi connectivity index (χ0n) is 10.5. The largest absolute Gasteiger partial charge is 0.395 e. The number of nitrogens with two attached hydrogens (primary N) is 1. The van der Waals surface area contributed by atoms with E-state index in [4.69, 9.17) is 10.8 Å². The molecule has 1 aromatic rings. The molecule has 0 aromatic carbocycles. The second kappa shape index (κ2) is 5.19. The van der Waals surface area contributed by atoms with Crippen LogP contribution in [0.2, 0.25) is 0 Å². The van der Waals surface area contributed by atoms with Crippen molar-refractivity contribution in [2.75, 3.05) is 12.4 Å². The van der Waals surface area contributed by atoms with Crippen LogP contribution in [0.4, 0.5) is 0 Å². The van der Waals surface area contributed by atoms with Gasteiger partial charge in [-0.1, -0.05) is 11.8 Å². The van der Waals surface area contributed by atoms with Gasteiger partial charge in [0.2, 0.25) is 0 Å². The number of aromatic nitrogens is 3. The Morgan fingerprint density at radius 2 is 2.11 bits per heavy atom. The molecule has 3 N–H and O–H groups in total. The molecule has 3 rings (SSSR count). The first kappa shape index (κ1) is 12.4. The fourth-order valence-electron chi connectivity index (χ4n) is 2.08. The molecule has 6 heteroatoms. The van der Waals surface area contributed by atoms with E-state index in [2.05, 4.69) is 14.8 Å². The predicted molar refractivity (Wildman–Crippen MR) is 70.7 cm³/mol. The maximum atomic E-state index is 8.90. The molecular formula is C12H20N4OS. The number of thioether (sulfide) groups is 1. The van der Waals surface area contributed by atoms with Crippen molar-refractivity contribution in [3.63, 3.8) is 0 Å². The zero-order valence-corrected chi connectivity index (χ0v) is 11.3. The third-order valence-electron chi connectivity index (χ3n) is 3.50. The predicted octanol–water partition coefficient (Wildman–Crippen LogP) is 1.29. The molecule has 0 radical (unpaired) electrons. The normalized spacial score (nSPS) is 21.2. The van der Waals surface area contributed by atoms with Crippen LogP contribution in [0.5, 0.6) is 0 Å². The van der Waals surface area contributed by atoms with Crippen molar-refractivity contribution in [3.05, 3.63) is 5.82 Å². The lowest BCUT2D eigenvalue weighted by molar-refractivity contribution is 0.264. The van der Waals surface area contributed by atoms with Gasteiger partial charge in [-0.15, -0.1) is 10.2 Å².